The molecule has 0 aromatic carbocycles. The van der Waals surface area contributed by atoms with Crippen molar-refractivity contribution in [2.24, 2.45) is 0 Å². The second kappa shape index (κ2) is 9.75. The molecule has 9 heteroatoms. The van der Waals surface area contributed by atoms with Gasteiger partial charge in [-0.05, 0) is 24.1 Å². The largest absolute Gasteiger partial charge is 0.392 e. The Kier molecular flexibility index (Phi) is 7.32. The molecule has 30 heavy (non-hydrogen) atoms. The molecule has 0 unspecified atom stereocenters. The fourth-order valence-corrected chi connectivity index (χ4v) is 3.82. The number of nitrogens with one attached hydrogen (secondary N) is 1. The Hall–Kier alpha value is -2.18. The minimum atomic E-state index is -1.47. The Labute approximate surface area is 180 Å². The lowest BCUT2D eigenvalue weighted by Gasteiger charge is -2.23. The first kappa shape index (κ1) is 22.5. The molecule has 0 bridgehead atoms. The number of aliphatic hydroxyl groups is 2. The van der Waals surface area contributed by atoms with Crippen LogP contribution in [0.25, 0.3) is 11.0 Å². The quantitative estimate of drug-likeness (QED) is 0.318. The monoisotopic (exact) mass is 434 g/mol. The molecule has 8 nitrogen and oxygen atoms in total. The number of unbranched alkanes of at least 4 members (excludes halogenated alkanes) is 4. The number of rotatable bonds is 9. The number of anilines is 1. The third-order valence-corrected chi connectivity index (χ3v) is 5.58. The summed E-state index contributed by atoms with van der Waals surface area (Å²) in [4.78, 5) is 20.8. The van der Waals surface area contributed by atoms with Crippen molar-refractivity contribution in [3.05, 3.63) is 17.5 Å². The predicted octanol–water partition coefficient (Wildman–Crippen LogP) is 3.03. The molecule has 1 amide bonds. The normalized spacial score (nSPS) is 23.6. The number of halogens is 1. The van der Waals surface area contributed by atoms with Crippen molar-refractivity contribution in [3.63, 3.8) is 0 Å². The van der Waals surface area contributed by atoms with Gasteiger partial charge in [0.25, 0.3) is 0 Å². The van der Waals surface area contributed by atoms with E-state index >= 15 is 0 Å². The summed E-state index contributed by atoms with van der Waals surface area (Å²) in [5, 5.41) is 23.3. The van der Waals surface area contributed by atoms with Crippen molar-refractivity contribution in [1.82, 2.24) is 14.5 Å². The van der Waals surface area contributed by atoms with Crippen LogP contribution in [0.15, 0.2) is 12.3 Å². The lowest BCUT2D eigenvalue weighted by Crippen LogP contribution is -2.41. The van der Waals surface area contributed by atoms with E-state index in [2.05, 4.69) is 28.1 Å². The van der Waals surface area contributed by atoms with Crippen LogP contribution in [-0.4, -0.2) is 49.0 Å². The third kappa shape index (κ3) is 4.60. The highest BCUT2D eigenvalue weighted by Gasteiger charge is 2.47. The molecule has 1 fully saturated rings. The zero-order valence-electron chi connectivity index (χ0n) is 17.0. The average molecular weight is 435 g/mol. The Morgan fingerprint density at radius 1 is 1.43 bits per heavy atom. The third-order valence-electron chi connectivity index (χ3n) is 5.41. The molecule has 3 rings (SSSR count). The number of hydrogen-bond acceptors (Lipinski definition) is 6. The highest BCUT2D eigenvalue weighted by molar-refractivity contribution is 6.28. The lowest BCUT2D eigenvalue weighted by molar-refractivity contribution is -0.116. The van der Waals surface area contributed by atoms with Crippen molar-refractivity contribution in [3.8, 4) is 12.3 Å². The van der Waals surface area contributed by atoms with E-state index in [-0.39, 0.29) is 17.6 Å². The molecule has 1 aliphatic heterocycles. The molecule has 0 aliphatic carbocycles. The summed E-state index contributed by atoms with van der Waals surface area (Å²) >= 11 is 6.09. The van der Waals surface area contributed by atoms with Crippen LogP contribution in [0.1, 0.15) is 58.1 Å². The Balaban J connectivity index is 1.77. The van der Waals surface area contributed by atoms with E-state index < -0.39 is 24.5 Å². The van der Waals surface area contributed by atoms with Gasteiger partial charge in [-0.15, -0.1) is 6.42 Å². The topological polar surface area (TPSA) is 110 Å². The fraction of sp³-hybridized carbons (Fsp3) is 0.571. The van der Waals surface area contributed by atoms with Crippen LogP contribution >= 0.6 is 11.6 Å². The number of ether oxygens (including phenoxy) is 1. The summed E-state index contributed by atoms with van der Waals surface area (Å²) in [5.41, 5.74) is -1.02. The molecule has 3 atom stereocenters. The van der Waals surface area contributed by atoms with Gasteiger partial charge >= 0.3 is 0 Å². The molecule has 0 radical (unpaired) electrons. The zero-order valence-corrected chi connectivity index (χ0v) is 17.7. The molecular weight excluding hydrogens is 408 g/mol. The number of aliphatic hydroxyl groups excluding tert-OH is 2. The summed E-state index contributed by atoms with van der Waals surface area (Å²) in [6.45, 7) is 1.65. The van der Waals surface area contributed by atoms with Crippen LogP contribution in [0.4, 0.5) is 5.82 Å². The molecule has 0 saturated carbocycles. The van der Waals surface area contributed by atoms with E-state index in [1.807, 2.05) is 0 Å². The van der Waals surface area contributed by atoms with Crippen LogP contribution in [0.3, 0.4) is 0 Å². The Morgan fingerprint density at radius 2 is 2.20 bits per heavy atom. The van der Waals surface area contributed by atoms with E-state index in [1.54, 1.807) is 16.8 Å². The second-order valence-corrected chi connectivity index (χ2v) is 7.87. The number of hydrogen-bond donors (Lipinski definition) is 3. The van der Waals surface area contributed by atoms with Crippen LogP contribution < -0.4 is 5.32 Å². The zero-order chi connectivity index (χ0) is 21.7. The Bertz CT molecular complexity index is 941. The van der Waals surface area contributed by atoms with Gasteiger partial charge in [0.2, 0.25) is 11.2 Å². The fourth-order valence-electron chi connectivity index (χ4n) is 3.66. The maximum absolute atomic E-state index is 12.3. The summed E-state index contributed by atoms with van der Waals surface area (Å²) in [6, 6.07) is 1.74. The highest BCUT2D eigenvalue weighted by Crippen LogP contribution is 2.38. The first-order chi connectivity index (χ1) is 14.4. The van der Waals surface area contributed by atoms with Gasteiger partial charge in [0, 0.05) is 19.0 Å². The maximum Gasteiger partial charge on any atom is 0.226 e. The molecule has 2 aromatic rings. The van der Waals surface area contributed by atoms with Crippen LogP contribution in [0.5, 0.6) is 0 Å². The van der Waals surface area contributed by atoms with E-state index in [9.17, 15) is 15.0 Å². The summed E-state index contributed by atoms with van der Waals surface area (Å²) in [7, 11) is 0. The SMILES string of the molecule is C#C[C@]1(CO)O[C@@H](n2ccc3c(NC(=O)CCCCCCC)nc(Cl)nc32)C[C@@H]1O. The number of carbonyl (C=O) groups excluding carboxylic acids is 1. The number of aromatic nitrogens is 3. The second-order valence-electron chi connectivity index (χ2n) is 7.53. The van der Waals surface area contributed by atoms with E-state index in [0.29, 0.717) is 23.3 Å². The molecule has 1 saturated heterocycles. The van der Waals surface area contributed by atoms with E-state index in [4.69, 9.17) is 22.8 Å². The smallest absolute Gasteiger partial charge is 0.226 e. The van der Waals surface area contributed by atoms with E-state index in [1.165, 1.54) is 6.42 Å². The van der Waals surface area contributed by atoms with Gasteiger partial charge in [-0.1, -0.05) is 38.5 Å². The lowest BCUT2D eigenvalue weighted by atomic mass is 9.99. The minimum Gasteiger partial charge on any atom is -0.392 e. The molecule has 0 spiro atoms. The first-order valence-electron chi connectivity index (χ1n) is 10.2. The molecule has 2 aromatic heterocycles. The highest BCUT2D eigenvalue weighted by atomic mass is 35.5. The molecule has 1 aliphatic rings. The standard InChI is InChI=1S/C21H27ClN4O4/c1-3-5-6-7-8-9-16(29)23-18-14-10-11-26(19(14)25-20(22)24-18)17-12-15(28)21(4-2,13-27)30-17/h2,10-11,15,17,27-28H,3,5-9,12-13H2,1H3,(H,23,24,25,29)/t15-,17+,21+/m0/s1. The number of fused-ring (bicyclic) bond motifs is 1. The maximum atomic E-state index is 12.3. The van der Waals surface area contributed by atoms with Crippen LogP contribution in [-0.2, 0) is 9.53 Å². The van der Waals surface area contributed by atoms with Gasteiger partial charge < -0.3 is 24.8 Å². The van der Waals surface area contributed by atoms with E-state index in [0.717, 1.165) is 25.7 Å². The van der Waals surface area contributed by atoms with Gasteiger partial charge in [-0.2, -0.15) is 9.97 Å². The number of nitrogens with zero attached hydrogens (tertiary/aromatic N) is 3. The van der Waals surface area contributed by atoms with Crippen LogP contribution in [0.2, 0.25) is 5.28 Å². The number of terminal acetylenes is 1. The van der Waals surface area contributed by atoms with Crippen molar-refractivity contribution >= 4 is 34.4 Å². The van der Waals surface area contributed by atoms with Gasteiger partial charge in [-0.3, -0.25) is 4.79 Å². The number of amides is 1. The average Bonchev–Trinajstić information content (AvgIpc) is 3.29. The van der Waals surface area contributed by atoms with Gasteiger partial charge in [0.15, 0.2) is 5.60 Å². The molecule has 162 valence electrons. The summed E-state index contributed by atoms with van der Waals surface area (Å²) in [5.74, 6) is 2.54. The molecular formula is C21H27ClN4O4. The van der Waals surface area contributed by atoms with Gasteiger partial charge in [-0.25, -0.2) is 0 Å². The van der Waals surface area contributed by atoms with Crippen LogP contribution in [0, 0.1) is 12.3 Å². The summed E-state index contributed by atoms with van der Waals surface area (Å²) in [6.07, 6.45) is 11.4. The first-order valence-corrected chi connectivity index (χ1v) is 10.6. The molecule has 3 N–H and O–H groups in total. The van der Waals surface area contributed by atoms with Crippen molar-refractivity contribution < 1.29 is 19.7 Å². The minimum absolute atomic E-state index is 0.0235. The van der Waals surface area contributed by atoms with Gasteiger partial charge in [0.05, 0.1) is 12.0 Å². The molecule has 3 heterocycles. The Morgan fingerprint density at radius 3 is 2.87 bits per heavy atom. The van der Waals surface area contributed by atoms with Crippen molar-refractivity contribution in [2.45, 2.75) is 69.8 Å². The van der Waals surface area contributed by atoms with Gasteiger partial charge in [0.1, 0.15) is 23.8 Å². The predicted molar refractivity (Wildman–Crippen MR) is 114 cm³/mol. The number of carbonyl (C=O) groups is 1. The van der Waals surface area contributed by atoms with Crippen molar-refractivity contribution in [2.75, 3.05) is 11.9 Å². The van der Waals surface area contributed by atoms with Crippen molar-refractivity contribution in [1.29, 1.82) is 0 Å². The summed E-state index contributed by atoms with van der Waals surface area (Å²) < 4.78 is 7.46.